The van der Waals surface area contributed by atoms with Crippen LogP contribution in [0, 0.1) is 0 Å². The van der Waals surface area contributed by atoms with Gasteiger partial charge in [0, 0.05) is 5.56 Å². The first-order valence-corrected chi connectivity index (χ1v) is 8.29. The van der Waals surface area contributed by atoms with Crippen LogP contribution in [-0.2, 0) is 4.79 Å². The second-order valence-electron chi connectivity index (χ2n) is 5.65. The van der Waals surface area contributed by atoms with Crippen LogP contribution in [0.15, 0.2) is 42.5 Å². The number of amides is 1. The first kappa shape index (κ1) is 19.3. The Morgan fingerprint density at radius 3 is 2.19 bits per heavy atom. The number of rotatable bonds is 8. The molecule has 0 fully saturated rings. The SMILES string of the molecule is CCC(Oc1ccc(OC)cc1)C(=O)Nc1cc(C(C)=O)ccc1OC. The fourth-order valence-electron chi connectivity index (χ4n) is 2.38. The lowest BCUT2D eigenvalue weighted by atomic mass is 10.1. The number of benzene rings is 2. The Hall–Kier alpha value is -3.02. The van der Waals surface area contributed by atoms with Gasteiger partial charge in [0.1, 0.15) is 17.2 Å². The van der Waals surface area contributed by atoms with Crippen LogP contribution in [0.4, 0.5) is 5.69 Å². The Balaban J connectivity index is 2.15. The van der Waals surface area contributed by atoms with Crippen molar-refractivity contribution < 1.29 is 23.8 Å². The number of hydrogen-bond donors (Lipinski definition) is 1. The highest BCUT2D eigenvalue weighted by Gasteiger charge is 2.20. The minimum atomic E-state index is -0.686. The predicted molar refractivity (Wildman–Crippen MR) is 99.3 cm³/mol. The number of carbonyl (C=O) groups is 2. The molecule has 0 saturated carbocycles. The third-order valence-electron chi connectivity index (χ3n) is 3.86. The number of methoxy groups -OCH3 is 2. The summed E-state index contributed by atoms with van der Waals surface area (Å²) >= 11 is 0. The van der Waals surface area contributed by atoms with Gasteiger partial charge in [-0.05, 0) is 55.8 Å². The van der Waals surface area contributed by atoms with Gasteiger partial charge in [-0.1, -0.05) is 6.92 Å². The van der Waals surface area contributed by atoms with Crippen LogP contribution in [-0.4, -0.2) is 32.0 Å². The molecular formula is C20H23NO5. The molecule has 26 heavy (non-hydrogen) atoms. The summed E-state index contributed by atoms with van der Waals surface area (Å²) in [6, 6.07) is 11.9. The van der Waals surface area contributed by atoms with Gasteiger partial charge in [-0.2, -0.15) is 0 Å². The maximum absolute atomic E-state index is 12.6. The van der Waals surface area contributed by atoms with E-state index in [1.54, 1.807) is 49.6 Å². The van der Waals surface area contributed by atoms with Crippen LogP contribution in [0.3, 0.4) is 0 Å². The molecule has 138 valence electrons. The molecule has 1 N–H and O–H groups in total. The monoisotopic (exact) mass is 357 g/mol. The summed E-state index contributed by atoms with van der Waals surface area (Å²) in [5.41, 5.74) is 0.923. The highest BCUT2D eigenvalue weighted by molar-refractivity contribution is 5.99. The van der Waals surface area contributed by atoms with E-state index >= 15 is 0 Å². The van der Waals surface area contributed by atoms with Crippen molar-refractivity contribution in [2.75, 3.05) is 19.5 Å². The van der Waals surface area contributed by atoms with Crippen LogP contribution in [0.25, 0.3) is 0 Å². The van der Waals surface area contributed by atoms with Gasteiger partial charge < -0.3 is 19.5 Å². The van der Waals surface area contributed by atoms with E-state index in [0.717, 1.165) is 0 Å². The van der Waals surface area contributed by atoms with Crippen molar-refractivity contribution >= 4 is 17.4 Å². The molecule has 0 saturated heterocycles. The third kappa shape index (κ3) is 4.75. The van der Waals surface area contributed by atoms with Crippen LogP contribution in [0.1, 0.15) is 30.6 Å². The van der Waals surface area contributed by atoms with Gasteiger partial charge in [-0.25, -0.2) is 0 Å². The van der Waals surface area contributed by atoms with Crippen molar-refractivity contribution in [3.05, 3.63) is 48.0 Å². The second-order valence-corrected chi connectivity index (χ2v) is 5.65. The average Bonchev–Trinajstić information content (AvgIpc) is 2.66. The molecule has 6 nitrogen and oxygen atoms in total. The topological polar surface area (TPSA) is 73.9 Å². The van der Waals surface area contributed by atoms with Gasteiger partial charge in [0.2, 0.25) is 0 Å². The third-order valence-corrected chi connectivity index (χ3v) is 3.86. The molecule has 0 aliphatic heterocycles. The molecular weight excluding hydrogens is 334 g/mol. The number of Topliss-reactive ketones (excluding diaryl/α,β-unsaturated/α-hetero) is 1. The summed E-state index contributed by atoms with van der Waals surface area (Å²) in [7, 11) is 3.09. The average molecular weight is 357 g/mol. The molecule has 2 aromatic rings. The Morgan fingerprint density at radius 1 is 1.00 bits per heavy atom. The lowest BCUT2D eigenvalue weighted by Crippen LogP contribution is -2.32. The molecule has 1 amide bonds. The van der Waals surface area contributed by atoms with Crippen molar-refractivity contribution in [1.82, 2.24) is 0 Å². The molecule has 2 rings (SSSR count). The minimum absolute atomic E-state index is 0.0929. The zero-order valence-electron chi connectivity index (χ0n) is 15.4. The van der Waals surface area contributed by atoms with Gasteiger partial charge >= 0.3 is 0 Å². The molecule has 6 heteroatoms. The summed E-state index contributed by atoms with van der Waals surface area (Å²) < 4.78 is 16.1. The van der Waals surface area contributed by atoms with Crippen molar-refractivity contribution in [1.29, 1.82) is 0 Å². The van der Waals surface area contributed by atoms with E-state index in [-0.39, 0.29) is 11.7 Å². The Labute approximate surface area is 153 Å². The molecule has 0 spiro atoms. The van der Waals surface area contributed by atoms with Crippen molar-refractivity contribution in [3.8, 4) is 17.2 Å². The van der Waals surface area contributed by atoms with Crippen LogP contribution in [0.5, 0.6) is 17.2 Å². The van der Waals surface area contributed by atoms with Crippen molar-refractivity contribution in [2.45, 2.75) is 26.4 Å². The van der Waals surface area contributed by atoms with Gasteiger partial charge in [0.25, 0.3) is 5.91 Å². The van der Waals surface area contributed by atoms with Crippen molar-refractivity contribution in [2.24, 2.45) is 0 Å². The molecule has 1 atom stereocenters. The maximum atomic E-state index is 12.6. The van der Waals surface area contributed by atoms with E-state index in [1.807, 2.05) is 6.92 Å². The summed E-state index contributed by atoms with van der Waals surface area (Å²) in [5, 5.41) is 2.78. The van der Waals surface area contributed by atoms with Crippen molar-refractivity contribution in [3.63, 3.8) is 0 Å². The van der Waals surface area contributed by atoms with E-state index in [1.165, 1.54) is 14.0 Å². The molecule has 0 aliphatic rings. The molecule has 0 heterocycles. The number of hydrogen-bond acceptors (Lipinski definition) is 5. The number of ether oxygens (including phenoxy) is 3. The van der Waals surface area contributed by atoms with E-state index in [9.17, 15) is 9.59 Å². The molecule has 0 radical (unpaired) electrons. The van der Waals surface area contributed by atoms with Crippen LogP contribution >= 0.6 is 0 Å². The van der Waals surface area contributed by atoms with Gasteiger partial charge in [-0.3, -0.25) is 9.59 Å². The number of carbonyl (C=O) groups excluding carboxylic acids is 2. The molecule has 1 unspecified atom stereocenters. The van der Waals surface area contributed by atoms with E-state index in [0.29, 0.717) is 34.9 Å². The quantitative estimate of drug-likeness (QED) is 0.729. The van der Waals surface area contributed by atoms with Crippen LogP contribution in [0.2, 0.25) is 0 Å². The fraction of sp³-hybridized carbons (Fsp3) is 0.300. The number of nitrogens with one attached hydrogen (secondary N) is 1. The highest BCUT2D eigenvalue weighted by Crippen LogP contribution is 2.26. The lowest BCUT2D eigenvalue weighted by Gasteiger charge is -2.18. The highest BCUT2D eigenvalue weighted by atomic mass is 16.5. The van der Waals surface area contributed by atoms with E-state index in [2.05, 4.69) is 5.32 Å². The fourth-order valence-corrected chi connectivity index (χ4v) is 2.38. The second kappa shape index (κ2) is 8.89. The van der Waals surface area contributed by atoms with Gasteiger partial charge in [0.05, 0.1) is 19.9 Å². The zero-order valence-corrected chi connectivity index (χ0v) is 15.4. The largest absolute Gasteiger partial charge is 0.497 e. The Kier molecular flexibility index (Phi) is 6.60. The number of anilines is 1. The Bertz CT molecular complexity index is 770. The number of ketones is 1. The zero-order chi connectivity index (χ0) is 19.1. The first-order valence-electron chi connectivity index (χ1n) is 8.29. The van der Waals surface area contributed by atoms with Gasteiger partial charge in [0.15, 0.2) is 11.9 Å². The molecule has 0 aliphatic carbocycles. The standard InChI is InChI=1S/C20H23NO5/c1-5-18(26-16-9-7-15(24-3)8-10-16)20(23)21-17-12-14(13(2)22)6-11-19(17)25-4/h6-12,18H,5H2,1-4H3,(H,21,23). The normalized spacial score (nSPS) is 11.4. The summed E-state index contributed by atoms with van der Waals surface area (Å²) in [4.78, 5) is 24.2. The smallest absolute Gasteiger partial charge is 0.265 e. The van der Waals surface area contributed by atoms with E-state index in [4.69, 9.17) is 14.2 Å². The van der Waals surface area contributed by atoms with E-state index < -0.39 is 6.10 Å². The first-order chi connectivity index (χ1) is 12.5. The maximum Gasteiger partial charge on any atom is 0.265 e. The Morgan fingerprint density at radius 2 is 1.65 bits per heavy atom. The molecule has 0 bridgehead atoms. The lowest BCUT2D eigenvalue weighted by molar-refractivity contribution is -0.122. The predicted octanol–water partition coefficient (Wildman–Crippen LogP) is 3.70. The summed E-state index contributed by atoms with van der Waals surface area (Å²) in [6.45, 7) is 3.33. The molecule has 0 aromatic heterocycles. The minimum Gasteiger partial charge on any atom is -0.497 e. The van der Waals surface area contributed by atoms with Gasteiger partial charge in [-0.15, -0.1) is 0 Å². The summed E-state index contributed by atoms with van der Waals surface area (Å²) in [6.07, 6.45) is -0.207. The summed E-state index contributed by atoms with van der Waals surface area (Å²) in [5.74, 6) is 1.34. The molecule has 2 aromatic carbocycles. The van der Waals surface area contributed by atoms with Crippen LogP contribution < -0.4 is 19.5 Å².